The molecule has 0 amide bonds. The minimum absolute atomic E-state index is 0.573. The molecule has 1 aromatic heterocycles. The van der Waals surface area contributed by atoms with E-state index in [9.17, 15) is 0 Å². The van der Waals surface area contributed by atoms with Crippen LogP contribution in [0.4, 0.5) is 5.82 Å². The highest BCUT2D eigenvalue weighted by Crippen LogP contribution is 2.31. The third-order valence-electron chi connectivity index (χ3n) is 3.17. The summed E-state index contributed by atoms with van der Waals surface area (Å²) in [6.45, 7) is 6.95. The van der Waals surface area contributed by atoms with Gasteiger partial charge in [0.25, 0.3) is 0 Å². The van der Waals surface area contributed by atoms with Crippen molar-refractivity contribution in [2.45, 2.75) is 33.2 Å². The maximum Gasteiger partial charge on any atom is 0.133 e. The standard InChI is InChI=1S/C13H21N3/c1-3-16(9-11-5-6-11)13-12(8-14)7-4-10(2)15-13/h4,7,11H,3,5-6,8-9,14H2,1-2H3. The molecule has 2 rings (SSSR count). The van der Waals surface area contributed by atoms with Gasteiger partial charge in [0.1, 0.15) is 5.82 Å². The van der Waals surface area contributed by atoms with Crippen LogP contribution in [0.5, 0.6) is 0 Å². The van der Waals surface area contributed by atoms with E-state index in [1.165, 1.54) is 12.8 Å². The Morgan fingerprint density at radius 3 is 2.75 bits per heavy atom. The van der Waals surface area contributed by atoms with Gasteiger partial charge in [-0.2, -0.15) is 0 Å². The van der Waals surface area contributed by atoms with Gasteiger partial charge >= 0.3 is 0 Å². The monoisotopic (exact) mass is 219 g/mol. The number of hydrogen-bond acceptors (Lipinski definition) is 3. The van der Waals surface area contributed by atoms with E-state index in [1.54, 1.807) is 0 Å². The van der Waals surface area contributed by atoms with E-state index in [-0.39, 0.29) is 0 Å². The second-order valence-electron chi connectivity index (χ2n) is 4.62. The van der Waals surface area contributed by atoms with E-state index in [4.69, 9.17) is 5.73 Å². The first-order valence-corrected chi connectivity index (χ1v) is 6.16. The fraction of sp³-hybridized carbons (Fsp3) is 0.615. The second-order valence-corrected chi connectivity index (χ2v) is 4.62. The van der Waals surface area contributed by atoms with Crippen LogP contribution in [0.2, 0.25) is 0 Å². The molecule has 3 nitrogen and oxygen atoms in total. The van der Waals surface area contributed by atoms with E-state index in [1.807, 2.05) is 13.0 Å². The second kappa shape index (κ2) is 4.83. The van der Waals surface area contributed by atoms with E-state index in [0.717, 1.165) is 36.1 Å². The number of aryl methyl sites for hydroxylation is 1. The summed E-state index contributed by atoms with van der Waals surface area (Å²) in [6.07, 6.45) is 2.75. The maximum atomic E-state index is 5.77. The molecule has 0 aromatic carbocycles. The lowest BCUT2D eigenvalue weighted by Crippen LogP contribution is -2.28. The summed E-state index contributed by atoms with van der Waals surface area (Å²) in [5, 5.41) is 0. The largest absolute Gasteiger partial charge is 0.356 e. The predicted molar refractivity (Wildman–Crippen MR) is 67.5 cm³/mol. The molecule has 0 aliphatic heterocycles. The van der Waals surface area contributed by atoms with E-state index >= 15 is 0 Å². The normalized spacial score (nSPS) is 15.2. The summed E-state index contributed by atoms with van der Waals surface area (Å²) in [5.41, 5.74) is 8.00. The zero-order valence-corrected chi connectivity index (χ0v) is 10.2. The molecule has 0 radical (unpaired) electrons. The Bertz CT molecular complexity index is 358. The molecule has 2 N–H and O–H groups in total. The third kappa shape index (κ3) is 2.53. The van der Waals surface area contributed by atoms with Crippen molar-refractivity contribution in [1.82, 2.24) is 4.98 Å². The molecule has 16 heavy (non-hydrogen) atoms. The van der Waals surface area contributed by atoms with Crippen LogP contribution in [0.25, 0.3) is 0 Å². The highest BCUT2D eigenvalue weighted by atomic mass is 15.2. The molecule has 88 valence electrons. The number of nitrogens with two attached hydrogens (primary N) is 1. The molecule has 0 saturated heterocycles. The zero-order valence-electron chi connectivity index (χ0n) is 10.2. The molecular formula is C13H21N3. The summed E-state index contributed by atoms with van der Waals surface area (Å²) >= 11 is 0. The number of rotatable bonds is 5. The lowest BCUT2D eigenvalue weighted by molar-refractivity contribution is 0.725. The quantitative estimate of drug-likeness (QED) is 0.824. The van der Waals surface area contributed by atoms with Crippen molar-refractivity contribution in [3.63, 3.8) is 0 Å². The summed E-state index contributed by atoms with van der Waals surface area (Å²) in [4.78, 5) is 7.01. The molecular weight excluding hydrogens is 198 g/mol. The van der Waals surface area contributed by atoms with E-state index < -0.39 is 0 Å². The Labute approximate surface area is 97.7 Å². The number of anilines is 1. The summed E-state index contributed by atoms with van der Waals surface area (Å²) in [6, 6.07) is 4.14. The van der Waals surface area contributed by atoms with E-state index in [2.05, 4.69) is 22.9 Å². The molecule has 0 unspecified atom stereocenters. The first-order chi connectivity index (χ1) is 7.74. The Kier molecular flexibility index (Phi) is 3.44. The van der Waals surface area contributed by atoms with Gasteiger partial charge < -0.3 is 10.6 Å². The van der Waals surface area contributed by atoms with Crippen LogP contribution in [-0.2, 0) is 6.54 Å². The number of pyridine rings is 1. The van der Waals surface area contributed by atoms with E-state index in [0.29, 0.717) is 6.54 Å². The van der Waals surface area contributed by atoms with Crippen molar-refractivity contribution < 1.29 is 0 Å². The van der Waals surface area contributed by atoms with Gasteiger partial charge in [-0.3, -0.25) is 0 Å². The smallest absolute Gasteiger partial charge is 0.133 e. The number of nitrogens with zero attached hydrogens (tertiary/aromatic N) is 2. The van der Waals surface area contributed by atoms with Gasteiger partial charge in [0.15, 0.2) is 0 Å². The van der Waals surface area contributed by atoms with Crippen LogP contribution in [-0.4, -0.2) is 18.1 Å². The lowest BCUT2D eigenvalue weighted by Gasteiger charge is -2.24. The van der Waals surface area contributed by atoms with Crippen molar-refractivity contribution in [2.24, 2.45) is 11.7 Å². The maximum absolute atomic E-state index is 5.77. The zero-order chi connectivity index (χ0) is 11.5. The van der Waals surface area contributed by atoms with Gasteiger partial charge in [-0.1, -0.05) is 6.07 Å². The Morgan fingerprint density at radius 1 is 1.44 bits per heavy atom. The SMILES string of the molecule is CCN(CC1CC1)c1nc(C)ccc1CN. The summed E-state index contributed by atoms with van der Waals surface area (Å²) in [5.74, 6) is 1.98. The van der Waals surface area contributed by atoms with Gasteiger partial charge in [0.05, 0.1) is 0 Å². The molecule has 3 heteroatoms. The highest BCUT2D eigenvalue weighted by Gasteiger charge is 2.25. The average Bonchev–Trinajstić information content (AvgIpc) is 3.09. The van der Waals surface area contributed by atoms with Gasteiger partial charge in [-0.25, -0.2) is 4.98 Å². The Balaban J connectivity index is 2.23. The molecule has 1 fully saturated rings. The fourth-order valence-corrected chi connectivity index (χ4v) is 1.98. The van der Waals surface area contributed by atoms with Crippen molar-refractivity contribution in [1.29, 1.82) is 0 Å². The van der Waals surface area contributed by atoms with Gasteiger partial charge in [-0.05, 0) is 38.7 Å². The minimum atomic E-state index is 0.573. The van der Waals surface area contributed by atoms with Crippen LogP contribution in [0.15, 0.2) is 12.1 Å². The van der Waals surface area contributed by atoms with Gasteiger partial charge in [-0.15, -0.1) is 0 Å². The van der Waals surface area contributed by atoms with Crippen molar-refractivity contribution in [2.75, 3.05) is 18.0 Å². The van der Waals surface area contributed by atoms with Gasteiger partial charge in [0.2, 0.25) is 0 Å². The summed E-state index contributed by atoms with van der Waals surface area (Å²) in [7, 11) is 0. The molecule has 1 aliphatic rings. The topological polar surface area (TPSA) is 42.2 Å². The summed E-state index contributed by atoms with van der Waals surface area (Å²) < 4.78 is 0. The molecule has 0 bridgehead atoms. The predicted octanol–water partition coefficient (Wildman–Crippen LogP) is 2.09. The average molecular weight is 219 g/mol. The Hall–Kier alpha value is -1.09. The Morgan fingerprint density at radius 2 is 2.19 bits per heavy atom. The van der Waals surface area contributed by atoms with Crippen LogP contribution < -0.4 is 10.6 Å². The molecule has 0 atom stereocenters. The lowest BCUT2D eigenvalue weighted by atomic mass is 10.2. The molecule has 0 spiro atoms. The van der Waals surface area contributed by atoms with Crippen LogP contribution >= 0.6 is 0 Å². The van der Waals surface area contributed by atoms with Crippen molar-refractivity contribution >= 4 is 5.82 Å². The highest BCUT2D eigenvalue weighted by molar-refractivity contribution is 5.47. The van der Waals surface area contributed by atoms with Crippen LogP contribution in [0.3, 0.4) is 0 Å². The molecule has 1 heterocycles. The third-order valence-corrected chi connectivity index (χ3v) is 3.17. The first-order valence-electron chi connectivity index (χ1n) is 6.16. The van der Waals surface area contributed by atoms with Crippen molar-refractivity contribution in [3.8, 4) is 0 Å². The molecule has 1 saturated carbocycles. The minimum Gasteiger partial charge on any atom is -0.356 e. The van der Waals surface area contributed by atoms with Crippen LogP contribution in [0.1, 0.15) is 31.0 Å². The molecule has 1 aromatic rings. The van der Waals surface area contributed by atoms with Crippen LogP contribution in [0, 0.1) is 12.8 Å². The number of aromatic nitrogens is 1. The number of hydrogen-bond donors (Lipinski definition) is 1. The first kappa shape index (κ1) is 11.4. The fourth-order valence-electron chi connectivity index (χ4n) is 1.98. The van der Waals surface area contributed by atoms with Crippen molar-refractivity contribution in [3.05, 3.63) is 23.4 Å². The molecule has 1 aliphatic carbocycles. The van der Waals surface area contributed by atoms with Gasteiger partial charge in [0, 0.05) is 30.9 Å².